The molecule has 1 amide bonds. The summed E-state index contributed by atoms with van der Waals surface area (Å²) in [7, 11) is 2.16. The number of piperidine rings is 1. The molecule has 2 aromatic rings. The number of benzene rings is 1. The molecule has 3 N–H and O–H groups in total. The minimum atomic E-state index is -0.612. The van der Waals surface area contributed by atoms with Gasteiger partial charge in [0.05, 0.1) is 0 Å². The number of carbonyl (C=O) groups is 1. The van der Waals surface area contributed by atoms with Crippen LogP contribution in [0, 0.1) is 0 Å². The quantitative estimate of drug-likeness (QED) is 0.901. The average Bonchev–Trinajstić information content (AvgIpc) is 3.00. The first-order chi connectivity index (χ1) is 10.6. The van der Waals surface area contributed by atoms with Crippen LogP contribution in [-0.2, 0) is 0 Å². The van der Waals surface area contributed by atoms with Gasteiger partial charge in [0.2, 0.25) is 5.76 Å². The van der Waals surface area contributed by atoms with Gasteiger partial charge in [-0.3, -0.25) is 4.79 Å². The molecule has 1 aromatic carbocycles. The van der Waals surface area contributed by atoms with Gasteiger partial charge in [0.25, 0.3) is 5.91 Å². The highest BCUT2D eigenvalue weighted by molar-refractivity contribution is 5.90. The van der Waals surface area contributed by atoms with E-state index in [9.17, 15) is 4.79 Å². The first-order valence-corrected chi connectivity index (χ1v) is 7.44. The van der Waals surface area contributed by atoms with Crippen LogP contribution in [0.5, 0.6) is 0 Å². The van der Waals surface area contributed by atoms with E-state index >= 15 is 0 Å². The van der Waals surface area contributed by atoms with Gasteiger partial charge in [-0.15, -0.1) is 0 Å². The Morgan fingerprint density at radius 1 is 1.32 bits per heavy atom. The molecule has 0 radical (unpaired) electrons. The zero-order chi connectivity index (χ0) is 15.5. The minimum Gasteiger partial charge on any atom is -0.382 e. The second-order valence-corrected chi connectivity index (χ2v) is 5.74. The summed E-state index contributed by atoms with van der Waals surface area (Å²) in [5.74, 6) is -0.539. The van der Waals surface area contributed by atoms with E-state index in [4.69, 9.17) is 10.3 Å². The number of anilines is 1. The van der Waals surface area contributed by atoms with E-state index in [2.05, 4.69) is 22.4 Å². The van der Waals surface area contributed by atoms with Gasteiger partial charge >= 0.3 is 0 Å². The van der Waals surface area contributed by atoms with Crippen LogP contribution in [0.1, 0.15) is 23.4 Å². The maximum Gasteiger partial charge on any atom is 0.287 e. The molecule has 0 unspecified atom stereocenters. The third-order valence-corrected chi connectivity index (χ3v) is 4.02. The van der Waals surface area contributed by atoms with Gasteiger partial charge in [-0.25, -0.2) is 0 Å². The molecular weight excluding hydrogens is 280 g/mol. The summed E-state index contributed by atoms with van der Waals surface area (Å²) in [4.78, 5) is 13.4. The summed E-state index contributed by atoms with van der Waals surface area (Å²) in [6, 6.07) is 10.0. The highest BCUT2D eigenvalue weighted by atomic mass is 16.5. The Kier molecular flexibility index (Phi) is 4.11. The minimum absolute atomic E-state index is 0.0727. The van der Waals surface area contributed by atoms with Crippen molar-refractivity contribution in [1.29, 1.82) is 0 Å². The lowest BCUT2D eigenvalue weighted by molar-refractivity contribution is 0.0965. The van der Waals surface area contributed by atoms with Gasteiger partial charge in [-0.05, 0) is 45.1 Å². The molecule has 6 heteroatoms. The lowest BCUT2D eigenvalue weighted by Gasteiger charge is -2.30. The molecule has 116 valence electrons. The third kappa shape index (κ3) is 3.28. The molecule has 0 atom stereocenters. The van der Waals surface area contributed by atoms with Crippen molar-refractivity contribution >= 4 is 11.6 Å². The number of likely N-dealkylation sites (tertiary alicyclic amines) is 1. The molecule has 3 rings (SSSR count). The number of nitrogens with zero attached hydrogens (tertiary/aromatic N) is 2. The van der Waals surface area contributed by atoms with Gasteiger partial charge in [-0.2, -0.15) is 0 Å². The Balaban J connectivity index is 1.65. The molecule has 1 fully saturated rings. The lowest BCUT2D eigenvalue weighted by Crippen LogP contribution is -2.36. The van der Waals surface area contributed by atoms with Gasteiger partial charge < -0.3 is 20.5 Å². The summed E-state index contributed by atoms with van der Waals surface area (Å²) in [6.07, 6.45) is 2.31. The van der Waals surface area contributed by atoms with Crippen LogP contribution < -0.4 is 11.1 Å². The lowest BCUT2D eigenvalue weighted by atomic mass is 10.0. The van der Waals surface area contributed by atoms with Crippen molar-refractivity contribution in [3.05, 3.63) is 36.1 Å². The molecule has 0 bridgehead atoms. The Morgan fingerprint density at radius 3 is 2.59 bits per heavy atom. The van der Waals surface area contributed by atoms with E-state index in [1.165, 1.54) is 0 Å². The molecule has 0 saturated carbocycles. The Bertz CT molecular complexity index is 642. The standard InChI is InChI=1S/C16H20N4O2/c1-20-8-6-13(7-9-20)18-12-4-2-11(3-5-12)14-10-15(16(17)21)22-19-14/h2-5,10,13,18H,6-9H2,1H3,(H2,17,21). The summed E-state index contributed by atoms with van der Waals surface area (Å²) < 4.78 is 4.90. The second-order valence-electron chi connectivity index (χ2n) is 5.74. The van der Waals surface area contributed by atoms with Crippen molar-refractivity contribution in [1.82, 2.24) is 10.1 Å². The summed E-state index contributed by atoms with van der Waals surface area (Å²) in [6.45, 7) is 2.26. The van der Waals surface area contributed by atoms with Crippen LogP contribution in [0.2, 0.25) is 0 Å². The zero-order valence-electron chi connectivity index (χ0n) is 12.6. The number of primary amides is 1. The number of nitrogens with two attached hydrogens (primary N) is 1. The van der Waals surface area contributed by atoms with E-state index in [1.54, 1.807) is 6.07 Å². The first-order valence-electron chi connectivity index (χ1n) is 7.44. The Morgan fingerprint density at radius 2 is 2.00 bits per heavy atom. The number of carbonyl (C=O) groups excluding carboxylic acids is 1. The number of amides is 1. The van der Waals surface area contributed by atoms with E-state index in [0.29, 0.717) is 11.7 Å². The predicted molar refractivity (Wildman–Crippen MR) is 84.6 cm³/mol. The second kappa shape index (κ2) is 6.19. The van der Waals surface area contributed by atoms with E-state index in [-0.39, 0.29) is 5.76 Å². The van der Waals surface area contributed by atoms with E-state index in [1.807, 2.05) is 24.3 Å². The monoisotopic (exact) mass is 300 g/mol. The number of hydrogen-bond donors (Lipinski definition) is 2. The van der Waals surface area contributed by atoms with Crippen LogP contribution in [0.3, 0.4) is 0 Å². The molecule has 1 aliphatic rings. The Hall–Kier alpha value is -2.34. The van der Waals surface area contributed by atoms with Crippen LogP contribution in [0.15, 0.2) is 34.9 Å². The van der Waals surface area contributed by atoms with E-state index < -0.39 is 5.91 Å². The van der Waals surface area contributed by atoms with Crippen molar-refractivity contribution in [2.75, 3.05) is 25.5 Å². The molecule has 6 nitrogen and oxygen atoms in total. The van der Waals surface area contributed by atoms with Crippen molar-refractivity contribution in [2.24, 2.45) is 5.73 Å². The molecule has 1 aromatic heterocycles. The molecule has 0 aliphatic carbocycles. The number of aromatic nitrogens is 1. The maximum atomic E-state index is 11.0. The molecule has 2 heterocycles. The highest BCUT2D eigenvalue weighted by Crippen LogP contribution is 2.22. The fourth-order valence-corrected chi connectivity index (χ4v) is 2.65. The molecule has 0 spiro atoms. The fraction of sp³-hybridized carbons (Fsp3) is 0.375. The van der Waals surface area contributed by atoms with Crippen LogP contribution in [0.25, 0.3) is 11.3 Å². The van der Waals surface area contributed by atoms with Crippen LogP contribution in [0.4, 0.5) is 5.69 Å². The van der Waals surface area contributed by atoms with Crippen molar-refractivity contribution in [3.8, 4) is 11.3 Å². The highest BCUT2D eigenvalue weighted by Gasteiger charge is 2.16. The van der Waals surface area contributed by atoms with Crippen molar-refractivity contribution in [3.63, 3.8) is 0 Å². The van der Waals surface area contributed by atoms with Crippen LogP contribution >= 0.6 is 0 Å². The van der Waals surface area contributed by atoms with Gasteiger partial charge in [0, 0.05) is 23.4 Å². The number of hydrogen-bond acceptors (Lipinski definition) is 5. The molecule has 1 aliphatic heterocycles. The fourth-order valence-electron chi connectivity index (χ4n) is 2.65. The zero-order valence-corrected chi connectivity index (χ0v) is 12.6. The third-order valence-electron chi connectivity index (χ3n) is 4.02. The summed E-state index contributed by atoms with van der Waals surface area (Å²) >= 11 is 0. The normalized spacial score (nSPS) is 16.6. The molecule has 1 saturated heterocycles. The maximum absolute atomic E-state index is 11.0. The predicted octanol–water partition coefficient (Wildman–Crippen LogP) is 1.95. The first kappa shape index (κ1) is 14.6. The SMILES string of the molecule is CN1CCC(Nc2ccc(-c3cc(C(N)=O)on3)cc2)CC1. The topological polar surface area (TPSA) is 84.4 Å². The van der Waals surface area contributed by atoms with Gasteiger partial charge in [-0.1, -0.05) is 17.3 Å². The average molecular weight is 300 g/mol. The number of rotatable bonds is 4. The largest absolute Gasteiger partial charge is 0.382 e. The smallest absolute Gasteiger partial charge is 0.287 e. The summed E-state index contributed by atoms with van der Waals surface area (Å²) in [5.41, 5.74) is 7.76. The number of nitrogens with one attached hydrogen (secondary N) is 1. The van der Waals surface area contributed by atoms with Gasteiger partial charge in [0.15, 0.2) is 0 Å². The molecule has 22 heavy (non-hydrogen) atoms. The Labute approximate surface area is 129 Å². The van der Waals surface area contributed by atoms with E-state index in [0.717, 1.165) is 37.2 Å². The van der Waals surface area contributed by atoms with Crippen LogP contribution in [-0.4, -0.2) is 42.1 Å². The van der Waals surface area contributed by atoms with Crippen molar-refractivity contribution in [2.45, 2.75) is 18.9 Å². The molecular formula is C16H20N4O2. The summed E-state index contributed by atoms with van der Waals surface area (Å²) in [5, 5.41) is 7.42. The van der Waals surface area contributed by atoms with Crippen molar-refractivity contribution < 1.29 is 9.32 Å². The van der Waals surface area contributed by atoms with Gasteiger partial charge in [0.1, 0.15) is 5.69 Å².